The first-order valence-corrected chi connectivity index (χ1v) is 12.6. The molecule has 6 nitrogen and oxygen atoms in total. The molecule has 0 radical (unpaired) electrons. The van der Waals surface area contributed by atoms with Crippen molar-refractivity contribution < 1.29 is 22.8 Å². The van der Waals surface area contributed by atoms with E-state index in [2.05, 4.69) is 4.72 Å². The van der Waals surface area contributed by atoms with Gasteiger partial charge in [-0.15, -0.1) is 0 Å². The predicted molar refractivity (Wildman–Crippen MR) is 138 cm³/mol. The Kier molecular flexibility index (Phi) is 25.4. The molecule has 1 N–H and O–H groups in total. The van der Waals surface area contributed by atoms with Crippen molar-refractivity contribution in [2.45, 2.75) is 75.3 Å². The van der Waals surface area contributed by atoms with E-state index in [1.165, 1.54) is 6.92 Å². The van der Waals surface area contributed by atoms with E-state index >= 15 is 0 Å². The highest BCUT2D eigenvalue weighted by Gasteiger charge is 2.25. The normalized spacial score (nSPS) is 10.9. The average Bonchev–Trinajstić information content (AvgIpc) is 3.17. The molecular weight excluding hydrogens is 438 g/mol. The number of fused-ring (bicyclic) bond motifs is 1. The Morgan fingerprint density at radius 2 is 1.18 bits per heavy atom. The summed E-state index contributed by atoms with van der Waals surface area (Å²) in [4.78, 5) is 32.6. The van der Waals surface area contributed by atoms with E-state index in [0.717, 1.165) is 5.56 Å². The summed E-state index contributed by atoms with van der Waals surface area (Å²) in [5.74, 6) is -0.479. The fourth-order valence-corrected chi connectivity index (χ4v) is 2.69. The van der Waals surface area contributed by atoms with E-state index in [9.17, 15) is 18.6 Å². The number of ketones is 2. The summed E-state index contributed by atoms with van der Waals surface area (Å²) < 4.78 is 18.0. The van der Waals surface area contributed by atoms with Crippen LogP contribution in [0.1, 0.15) is 95.0 Å². The fraction of sp³-hybridized carbons (Fsp3) is 0.423. The molecular formula is C26H41NO5S. The van der Waals surface area contributed by atoms with Gasteiger partial charge in [-0.1, -0.05) is 110 Å². The maximum atomic E-state index is 11.1. The highest BCUT2D eigenvalue weighted by molar-refractivity contribution is 7.78. The zero-order chi connectivity index (χ0) is 26.2. The van der Waals surface area contributed by atoms with Crippen LogP contribution in [0.25, 0.3) is 0 Å². The second-order valence-electron chi connectivity index (χ2n) is 5.21. The highest BCUT2D eigenvalue weighted by atomic mass is 32.2. The Balaban J connectivity index is -0.000000423. The van der Waals surface area contributed by atoms with Crippen LogP contribution in [0, 0.1) is 0 Å². The number of carbonyl (C=O) groups excluding carboxylic acids is 3. The second-order valence-corrected chi connectivity index (χ2v) is 6.12. The Hall–Kier alpha value is -2.64. The smallest absolute Gasteiger partial charge is 0.264 e. The molecule has 1 atom stereocenters. The number of benzene rings is 2. The number of amides is 1. The molecule has 0 bridgehead atoms. The minimum atomic E-state index is -1.75. The summed E-state index contributed by atoms with van der Waals surface area (Å²) in [5.41, 5.74) is 2.07. The average molecular weight is 480 g/mol. The van der Waals surface area contributed by atoms with Crippen LogP contribution in [-0.4, -0.2) is 21.7 Å². The first kappa shape index (κ1) is 35.0. The molecule has 1 amide bonds. The molecule has 0 fully saturated rings. The number of hydrogen-bond acceptors (Lipinski definition) is 5. The minimum Gasteiger partial charge on any atom is -0.294 e. The van der Waals surface area contributed by atoms with Crippen molar-refractivity contribution in [1.82, 2.24) is 4.72 Å². The lowest BCUT2D eigenvalue weighted by atomic mass is 10.1. The van der Waals surface area contributed by atoms with Crippen molar-refractivity contribution in [3.8, 4) is 0 Å². The fourth-order valence-electron chi connectivity index (χ4n) is 2.15. The number of carbonyl (C=O) groups is 3. The first-order valence-electron chi connectivity index (χ1n) is 11.5. The molecule has 0 saturated carbocycles. The molecule has 0 spiro atoms. The molecule has 33 heavy (non-hydrogen) atoms. The number of rotatable bonds is 4. The van der Waals surface area contributed by atoms with Crippen molar-refractivity contribution in [1.29, 1.82) is 0 Å². The van der Waals surface area contributed by atoms with Gasteiger partial charge in [-0.3, -0.25) is 23.3 Å². The first-order chi connectivity index (χ1) is 16.0. The third-order valence-corrected chi connectivity index (χ3v) is 4.04. The van der Waals surface area contributed by atoms with Crippen LogP contribution < -0.4 is 4.72 Å². The van der Waals surface area contributed by atoms with Crippen molar-refractivity contribution in [2.75, 3.05) is 0 Å². The third-order valence-electron chi connectivity index (χ3n) is 3.25. The molecule has 3 rings (SSSR count). The second kappa shape index (κ2) is 24.0. The molecule has 0 aliphatic heterocycles. The summed E-state index contributed by atoms with van der Waals surface area (Å²) in [6, 6.07) is 16.3. The lowest BCUT2D eigenvalue weighted by Gasteiger charge is -2.02. The van der Waals surface area contributed by atoms with Crippen LogP contribution >= 0.6 is 0 Å². The lowest BCUT2D eigenvalue weighted by molar-refractivity contribution is -0.117. The Bertz CT molecular complexity index is 774. The minimum absolute atomic E-state index is 0.0504. The van der Waals surface area contributed by atoms with E-state index in [0.29, 0.717) is 11.1 Å². The van der Waals surface area contributed by atoms with Crippen LogP contribution in [0.4, 0.5) is 0 Å². The maximum Gasteiger partial charge on any atom is 0.264 e. The molecule has 1 unspecified atom stereocenters. The SMILES string of the molecule is CC.CC.CC.CC.CC(=O)NS(=O)OCc1ccccc1.O=C1CC(=O)c2ccccc21. The molecule has 7 heteroatoms. The lowest BCUT2D eigenvalue weighted by Crippen LogP contribution is -2.23. The summed E-state index contributed by atoms with van der Waals surface area (Å²) in [6.07, 6.45) is 0.0549. The molecule has 186 valence electrons. The van der Waals surface area contributed by atoms with Crippen LogP contribution in [0.15, 0.2) is 54.6 Å². The Morgan fingerprint density at radius 1 is 0.788 bits per heavy atom. The summed E-state index contributed by atoms with van der Waals surface area (Å²) >= 11 is -1.75. The zero-order valence-electron chi connectivity index (χ0n) is 21.6. The standard InChI is InChI=1S/C9H11NO3S.C9H6O2.4C2H6/c1-8(11)10-14(12)13-7-9-5-3-2-4-6-9;10-8-5-9(11)7-4-2-1-3-6(7)8;4*1-2/h2-6H,7H2,1H3,(H,10,11);1-4H,5H2;4*1-2H3. The van der Waals surface area contributed by atoms with Crippen LogP contribution in [0.3, 0.4) is 0 Å². The van der Waals surface area contributed by atoms with Gasteiger partial charge in [-0.2, -0.15) is 0 Å². The van der Waals surface area contributed by atoms with Gasteiger partial charge in [0.15, 0.2) is 11.6 Å². The molecule has 1 aliphatic carbocycles. The number of Topliss-reactive ketones (excluding diaryl/α,β-unsaturated/α-hetero) is 2. The van der Waals surface area contributed by atoms with Crippen molar-refractivity contribution in [3.63, 3.8) is 0 Å². The van der Waals surface area contributed by atoms with E-state index in [1.54, 1.807) is 24.3 Å². The van der Waals surface area contributed by atoms with Gasteiger partial charge in [0.2, 0.25) is 5.91 Å². The predicted octanol–water partition coefficient (Wildman–Crippen LogP) is 6.48. The Labute approximate surface area is 202 Å². The van der Waals surface area contributed by atoms with Crippen LogP contribution in [0.5, 0.6) is 0 Å². The van der Waals surface area contributed by atoms with Crippen molar-refractivity contribution in [3.05, 3.63) is 71.3 Å². The maximum absolute atomic E-state index is 11.1. The van der Waals surface area contributed by atoms with Gasteiger partial charge in [-0.05, 0) is 5.56 Å². The van der Waals surface area contributed by atoms with E-state index in [-0.39, 0.29) is 30.5 Å². The van der Waals surface area contributed by atoms with Gasteiger partial charge in [0, 0.05) is 18.1 Å². The van der Waals surface area contributed by atoms with Crippen LogP contribution in [0.2, 0.25) is 0 Å². The van der Waals surface area contributed by atoms with E-state index in [1.807, 2.05) is 85.7 Å². The third kappa shape index (κ3) is 15.7. The molecule has 2 aromatic carbocycles. The van der Waals surface area contributed by atoms with Gasteiger partial charge in [-0.25, -0.2) is 4.21 Å². The summed E-state index contributed by atoms with van der Waals surface area (Å²) in [6.45, 7) is 17.5. The highest BCUT2D eigenvalue weighted by Crippen LogP contribution is 2.20. The van der Waals surface area contributed by atoms with Gasteiger partial charge >= 0.3 is 0 Å². The topological polar surface area (TPSA) is 89.5 Å². The van der Waals surface area contributed by atoms with Gasteiger partial charge < -0.3 is 0 Å². The van der Waals surface area contributed by atoms with Gasteiger partial charge in [0.05, 0.1) is 13.0 Å². The van der Waals surface area contributed by atoms with Crippen molar-refractivity contribution in [2.24, 2.45) is 0 Å². The Morgan fingerprint density at radius 3 is 1.58 bits per heavy atom. The molecule has 0 saturated heterocycles. The molecule has 2 aromatic rings. The zero-order valence-corrected chi connectivity index (χ0v) is 22.4. The van der Waals surface area contributed by atoms with Gasteiger partial charge in [0.1, 0.15) is 0 Å². The summed E-state index contributed by atoms with van der Waals surface area (Å²) in [7, 11) is 0. The largest absolute Gasteiger partial charge is 0.294 e. The van der Waals surface area contributed by atoms with Crippen molar-refractivity contribution >= 4 is 28.7 Å². The molecule has 1 aliphatic rings. The van der Waals surface area contributed by atoms with Gasteiger partial charge in [0.25, 0.3) is 11.3 Å². The quantitative estimate of drug-likeness (QED) is 0.507. The molecule has 0 heterocycles. The number of nitrogens with one attached hydrogen (secondary N) is 1. The van der Waals surface area contributed by atoms with E-state index < -0.39 is 11.3 Å². The van der Waals surface area contributed by atoms with Crippen LogP contribution in [-0.2, 0) is 26.9 Å². The summed E-state index contributed by atoms with van der Waals surface area (Å²) in [5, 5.41) is 0. The number of hydrogen-bond donors (Lipinski definition) is 1. The van der Waals surface area contributed by atoms with E-state index in [4.69, 9.17) is 4.18 Å². The monoisotopic (exact) mass is 479 g/mol. The molecule has 0 aromatic heterocycles.